The van der Waals surface area contributed by atoms with E-state index >= 15 is 0 Å². The second-order valence-corrected chi connectivity index (χ2v) is 6.07. The van der Waals surface area contributed by atoms with E-state index in [4.69, 9.17) is 16.3 Å². The van der Waals surface area contributed by atoms with Crippen molar-refractivity contribution < 1.29 is 14.3 Å². The maximum Gasteiger partial charge on any atom is 0.414 e. The number of halogens is 1. The van der Waals surface area contributed by atoms with Crippen LogP contribution in [0.3, 0.4) is 0 Å². The molecule has 0 radical (unpaired) electrons. The Labute approximate surface area is 133 Å². The van der Waals surface area contributed by atoms with Gasteiger partial charge in [0, 0.05) is 13.1 Å². The summed E-state index contributed by atoms with van der Waals surface area (Å²) in [4.78, 5) is 13.3. The lowest BCUT2D eigenvalue weighted by Crippen LogP contribution is -2.34. The zero-order chi connectivity index (χ0) is 16.5. The molecule has 0 spiro atoms. The lowest BCUT2D eigenvalue weighted by atomic mass is 10.2. The van der Waals surface area contributed by atoms with Gasteiger partial charge in [-0.1, -0.05) is 11.6 Å². The molecule has 0 fully saturated rings. The number of anilines is 1. The van der Waals surface area contributed by atoms with E-state index in [1.165, 1.54) is 22.0 Å². The Balaban J connectivity index is 2.28. The van der Waals surface area contributed by atoms with Crippen LogP contribution in [-0.2, 0) is 4.74 Å². The molecule has 0 aliphatic carbocycles. The molecular formula is C14H17ClN4O3. The fourth-order valence-electron chi connectivity index (χ4n) is 1.71. The van der Waals surface area contributed by atoms with Gasteiger partial charge >= 0.3 is 6.09 Å². The third-order valence-electron chi connectivity index (χ3n) is 2.70. The number of hydrogen-bond acceptors (Lipinski definition) is 4. The number of ether oxygens (including phenoxy) is 1. The molecule has 22 heavy (non-hydrogen) atoms. The van der Waals surface area contributed by atoms with Gasteiger partial charge in [0.15, 0.2) is 11.3 Å². The lowest BCUT2D eigenvalue weighted by Gasteiger charge is -2.23. The van der Waals surface area contributed by atoms with Crippen LogP contribution >= 0.6 is 11.6 Å². The van der Waals surface area contributed by atoms with Gasteiger partial charge in [0.25, 0.3) is 0 Å². The minimum atomic E-state index is -0.610. The highest BCUT2D eigenvalue weighted by Gasteiger charge is 2.24. The van der Waals surface area contributed by atoms with Crippen LogP contribution in [-0.4, -0.2) is 28.5 Å². The summed E-state index contributed by atoms with van der Waals surface area (Å²) >= 11 is 6.08. The Hall–Kier alpha value is -2.28. The van der Waals surface area contributed by atoms with E-state index < -0.39 is 11.7 Å². The molecule has 0 saturated heterocycles. The van der Waals surface area contributed by atoms with Crippen molar-refractivity contribution >= 4 is 23.4 Å². The molecule has 7 nitrogen and oxygen atoms in total. The highest BCUT2D eigenvalue weighted by atomic mass is 35.5. The van der Waals surface area contributed by atoms with Crippen molar-refractivity contribution in [1.29, 1.82) is 0 Å². The van der Waals surface area contributed by atoms with Crippen molar-refractivity contribution in [2.45, 2.75) is 26.4 Å². The largest absolute Gasteiger partial charge is 0.619 e. The fourth-order valence-corrected chi connectivity index (χ4v) is 1.97. The Morgan fingerprint density at radius 2 is 2.18 bits per heavy atom. The summed E-state index contributed by atoms with van der Waals surface area (Å²) in [5.41, 5.74) is 0.307. The van der Waals surface area contributed by atoms with Gasteiger partial charge < -0.3 is 9.94 Å². The van der Waals surface area contributed by atoms with E-state index in [0.717, 1.165) is 0 Å². The minimum absolute atomic E-state index is 0.134. The summed E-state index contributed by atoms with van der Waals surface area (Å²) in [5.74, 6) is 0. The van der Waals surface area contributed by atoms with Crippen molar-refractivity contribution in [2.24, 2.45) is 0 Å². The van der Waals surface area contributed by atoms with Crippen LogP contribution in [0.2, 0.25) is 5.15 Å². The van der Waals surface area contributed by atoms with E-state index in [1.807, 2.05) is 0 Å². The summed E-state index contributed by atoms with van der Waals surface area (Å²) in [6.07, 6.45) is 3.73. The predicted octanol–water partition coefficient (Wildman–Crippen LogP) is 2.53. The van der Waals surface area contributed by atoms with Gasteiger partial charge in [-0.15, -0.1) is 0 Å². The summed E-state index contributed by atoms with van der Waals surface area (Å²) in [6.45, 7) is 5.34. The maximum atomic E-state index is 12.1. The van der Waals surface area contributed by atoms with Crippen molar-refractivity contribution in [3.8, 4) is 5.69 Å². The molecule has 8 heteroatoms. The summed E-state index contributed by atoms with van der Waals surface area (Å²) in [5, 5.41) is 15.5. The molecule has 0 aliphatic rings. The van der Waals surface area contributed by atoms with Gasteiger partial charge in [-0.3, -0.25) is 4.90 Å². The van der Waals surface area contributed by atoms with Gasteiger partial charge in [0.05, 0.1) is 6.20 Å². The zero-order valence-electron chi connectivity index (χ0n) is 12.8. The molecule has 2 rings (SSSR count). The van der Waals surface area contributed by atoms with Gasteiger partial charge in [0.1, 0.15) is 17.0 Å². The topological polar surface area (TPSA) is 74.3 Å². The van der Waals surface area contributed by atoms with Crippen LogP contribution in [0.5, 0.6) is 0 Å². The number of pyridine rings is 1. The first kappa shape index (κ1) is 16.1. The standard InChI is InChI=1S/C14H17ClN4O3/c1-14(2,3)22-13(20)17(4)11-9-19(16-12(11)15)10-6-5-7-18(21)8-10/h5-9H,1-4H3. The zero-order valence-corrected chi connectivity index (χ0v) is 13.5. The molecular weight excluding hydrogens is 308 g/mol. The number of carbonyl (C=O) groups excluding carboxylic acids is 1. The van der Waals surface area contributed by atoms with E-state index in [2.05, 4.69) is 5.10 Å². The number of rotatable bonds is 2. The number of carbonyl (C=O) groups is 1. The molecule has 2 aromatic heterocycles. The molecule has 0 bridgehead atoms. The molecule has 2 aromatic rings. The first-order chi connectivity index (χ1) is 10.2. The maximum absolute atomic E-state index is 12.1. The highest BCUT2D eigenvalue weighted by Crippen LogP contribution is 2.26. The van der Waals surface area contributed by atoms with Crippen molar-refractivity contribution in [3.05, 3.63) is 41.1 Å². The highest BCUT2D eigenvalue weighted by molar-refractivity contribution is 6.32. The van der Waals surface area contributed by atoms with E-state index in [1.54, 1.807) is 46.1 Å². The molecule has 0 N–H and O–H groups in total. The Bertz CT molecular complexity index is 694. The van der Waals surface area contributed by atoms with E-state index in [-0.39, 0.29) is 5.15 Å². The summed E-state index contributed by atoms with van der Waals surface area (Å²) in [6, 6.07) is 3.30. The molecule has 0 unspecified atom stereocenters. The predicted molar refractivity (Wildman–Crippen MR) is 82.2 cm³/mol. The second kappa shape index (κ2) is 5.84. The lowest BCUT2D eigenvalue weighted by molar-refractivity contribution is -0.605. The third kappa shape index (κ3) is 3.67. The smallest absolute Gasteiger partial charge is 0.414 e. The SMILES string of the molecule is CN(C(=O)OC(C)(C)C)c1cn(-c2ccc[n+]([O-])c2)nc1Cl. The molecule has 1 amide bonds. The second-order valence-electron chi connectivity index (χ2n) is 5.71. The number of amides is 1. The van der Waals surface area contributed by atoms with Gasteiger partial charge in [-0.2, -0.15) is 9.83 Å². The first-order valence-electron chi connectivity index (χ1n) is 6.58. The van der Waals surface area contributed by atoms with Crippen molar-refractivity contribution in [1.82, 2.24) is 9.78 Å². The van der Waals surface area contributed by atoms with Crippen molar-refractivity contribution in [2.75, 3.05) is 11.9 Å². The molecule has 0 aromatic carbocycles. The van der Waals surface area contributed by atoms with Crippen molar-refractivity contribution in [3.63, 3.8) is 0 Å². The Morgan fingerprint density at radius 1 is 1.50 bits per heavy atom. The van der Waals surface area contributed by atoms with Gasteiger partial charge in [-0.05, 0) is 26.8 Å². The van der Waals surface area contributed by atoms with Crippen LogP contribution in [0, 0.1) is 5.21 Å². The minimum Gasteiger partial charge on any atom is -0.619 e. The molecule has 2 heterocycles. The molecule has 0 saturated carbocycles. The van der Waals surface area contributed by atoms with Gasteiger partial charge in [0.2, 0.25) is 6.20 Å². The van der Waals surface area contributed by atoms with Crippen LogP contribution < -0.4 is 9.63 Å². The molecule has 0 atom stereocenters. The molecule has 0 aliphatic heterocycles. The quantitative estimate of drug-likeness (QED) is 0.628. The van der Waals surface area contributed by atoms with E-state index in [9.17, 15) is 10.0 Å². The van der Waals surface area contributed by atoms with Crippen LogP contribution in [0.25, 0.3) is 5.69 Å². The van der Waals surface area contributed by atoms with Crippen LogP contribution in [0.4, 0.5) is 10.5 Å². The van der Waals surface area contributed by atoms with Crippen LogP contribution in [0.1, 0.15) is 20.8 Å². The summed E-state index contributed by atoms with van der Waals surface area (Å²) < 4.78 is 7.36. The van der Waals surface area contributed by atoms with Gasteiger partial charge in [-0.25, -0.2) is 9.48 Å². The Kier molecular flexibility index (Phi) is 4.27. The number of hydrogen-bond donors (Lipinski definition) is 0. The monoisotopic (exact) mass is 324 g/mol. The average molecular weight is 325 g/mol. The summed E-state index contributed by atoms with van der Waals surface area (Å²) in [7, 11) is 1.54. The number of aromatic nitrogens is 3. The van der Waals surface area contributed by atoms with Crippen LogP contribution in [0.15, 0.2) is 30.7 Å². The normalized spacial score (nSPS) is 11.3. The third-order valence-corrected chi connectivity index (χ3v) is 2.97. The number of nitrogens with zero attached hydrogens (tertiary/aromatic N) is 4. The van der Waals surface area contributed by atoms with E-state index in [0.29, 0.717) is 16.1 Å². The molecule has 118 valence electrons. The fraction of sp³-hybridized carbons (Fsp3) is 0.357. The average Bonchev–Trinajstić information content (AvgIpc) is 2.78. The first-order valence-corrected chi connectivity index (χ1v) is 6.96. The Morgan fingerprint density at radius 3 is 2.77 bits per heavy atom.